The minimum Gasteiger partial charge on any atom is -0.378 e. The molecule has 0 aliphatic heterocycles. The Kier molecular flexibility index (Phi) is 2.51. The summed E-state index contributed by atoms with van der Waals surface area (Å²) < 4.78 is 0. The first kappa shape index (κ1) is 11.3. The van der Waals surface area contributed by atoms with E-state index in [9.17, 15) is 4.79 Å². The molecule has 1 aromatic rings. The number of benzene rings is 1. The third kappa shape index (κ3) is 1.73. The summed E-state index contributed by atoms with van der Waals surface area (Å²) in [5, 5.41) is 3.36. The zero-order valence-corrected chi connectivity index (χ0v) is 11.0. The van der Waals surface area contributed by atoms with Gasteiger partial charge >= 0.3 is 0 Å². The molecule has 4 atom stereocenters. The van der Waals surface area contributed by atoms with E-state index in [1.807, 2.05) is 18.2 Å². The zero-order valence-electron chi connectivity index (χ0n) is 11.0. The van der Waals surface area contributed by atoms with E-state index in [4.69, 9.17) is 0 Å². The Morgan fingerprint density at radius 1 is 1.11 bits per heavy atom. The number of ketones is 1. The van der Waals surface area contributed by atoms with Gasteiger partial charge < -0.3 is 5.32 Å². The monoisotopic (exact) mass is 253 g/mol. The van der Waals surface area contributed by atoms with Crippen LogP contribution in [0.1, 0.15) is 24.8 Å². The van der Waals surface area contributed by atoms with Gasteiger partial charge in [0.2, 0.25) is 0 Å². The second kappa shape index (κ2) is 4.22. The van der Waals surface area contributed by atoms with Crippen LogP contribution in [0.25, 0.3) is 0 Å². The topological polar surface area (TPSA) is 29.1 Å². The maximum Gasteiger partial charge on any atom is 0.182 e. The molecule has 2 bridgehead atoms. The Morgan fingerprint density at radius 3 is 2.68 bits per heavy atom. The molecule has 3 aliphatic carbocycles. The second-order valence-corrected chi connectivity index (χ2v) is 6.22. The van der Waals surface area contributed by atoms with Crippen LogP contribution in [0, 0.1) is 23.7 Å². The first-order valence-corrected chi connectivity index (χ1v) is 7.37. The molecule has 0 aromatic heterocycles. The van der Waals surface area contributed by atoms with Crippen molar-refractivity contribution in [3.05, 3.63) is 47.7 Å². The molecule has 1 N–H and O–H groups in total. The third-order valence-electron chi connectivity index (χ3n) is 5.23. The van der Waals surface area contributed by atoms with Gasteiger partial charge in [0, 0.05) is 12.5 Å². The van der Waals surface area contributed by atoms with Crippen LogP contribution in [0.15, 0.2) is 42.1 Å². The summed E-state index contributed by atoms with van der Waals surface area (Å²) in [5.41, 5.74) is 2.12. The van der Waals surface area contributed by atoms with Crippen molar-refractivity contribution in [3.8, 4) is 0 Å². The highest BCUT2D eigenvalue weighted by molar-refractivity contribution is 6.00. The first-order chi connectivity index (χ1) is 9.33. The molecule has 0 heterocycles. The predicted octanol–water partition coefficient (Wildman–Crippen LogP) is 2.91. The molecular weight excluding hydrogens is 234 g/mol. The Labute approximate surface area is 113 Å². The number of carbonyl (C=O) groups is 1. The lowest BCUT2D eigenvalue weighted by Gasteiger charge is -2.22. The number of nitrogens with one attached hydrogen (secondary N) is 1. The van der Waals surface area contributed by atoms with Gasteiger partial charge in [-0.3, -0.25) is 4.79 Å². The standard InChI is InChI=1S/C17H19NO/c19-17-15(18-10-11-4-2-1-3-5-11)9-14-12-6-7-13(8-12)16(14)17/h1-5,9,12-14,16,18H,6-8,10H2/t12-,13+,14+,16-/m0/s1. The van der Waals surface area contributed by atoms with Crippen LogP contribution in [0.2, 0.25) is 0 Å². The number of hydrogen-bond acceptors (Lipinski definition) is 2. The van der Waals surface area contributed by atoms with E-state index in [1.54, 1.807) is 0 Å². The number of carbonyl (C=O) groups excluding carboxylic acids is 1. The minimum absolute atomic E-state index is 0.317. The van der Waals surface area contributed by atoms with Crippen molar-refractivity contribution in [2.75, 3.05) is 0 Å². The van der Waals surface area contributed by atoms with Gasteiger partial charge in [0.25, 0.3) is 0 Å². The number of hydrogen-bond donors (Lipinski definition) is 1. The molecule has 0 amide bonds. The Balaban J connectivity index is 1.48. The van der Waals surface area contributed by atoms with E-state index in [-0.39, 0.29) is 0 Å². The van der Waals surface area contributed by atoms with E-state index in [0.29, 0.717) is 23.5 Å². The lowest BCUT2D eigenvalue weighted by atomic mass is 9.81. The molecule has 0 saturated heterocycles. The summed E-state index contributed by atoms with van der Waals surface area (Å²) >= 11 is 0. The van der Waals surface area contributed by atoms with Gasteiger partial charge in [0.15, 0.2) is 5.78 Å². The van der Waals surface area contributed by atoms with Crippen molar-refractivity contribution in [2.45, 2.75) is 25.8 Å². The van der Waals surface area contributed by atoms with E-state index < -0.39 is 0 Å². The summed E-state index contributed by atoms with van der Waals surface area (Å²) in [5.74, 6) is 2.71. The molecule has 2 saturated carbocycles. The number of rotatable bonds is 3. The Morgan fingerprint density at radius 2 is 1.89 bits per heavy atom. The molecule has 2 heteroatoms. The van der Waals surface area contributed by atoms with E-state index in [0.717, 1.165) is 18.2 Å². The summed E-state index contributed by atoms with van der Waals surface area (Å²) in [4.78, 5) is 12.5. The van der Waals surface area contributed by atoms with Crippen LogP contribution in [-0.2, 0) is 11.3 Å². The predicted molar refractivity (Wildman–Crippen MR) is 74.2 cm³/mol. The van der Waals surface area contributed by atoms with Crippen molar-refractivity contribution in [1.29, 1.82) is 0 Å². The molecule has 98 valence electrons. The zero-order chi connectivity index (χ0) is 12.8. The molecule has 19 heavy (non-hydrogen) atoms. The van der Waals surface area contributed by atoms with E-state index in [2.05, 4.69) is 23.5 Å². The lowest BCUT2D eigenvalue weighted by Crippen LogP contribution is -2.26. The van der Waals surface area contributed by atoms with Crippen LogP contribution < -0.4 is 5.32 Å². The van der Waals surface area contributed by atoms with Gasteiger partial charge in [-0.25, -0.2) is 0 Å². The van der Waals surface area contributed by atoms with Crippen molar-refractivity contribution < 1.29 is 4.79 Å². The molecule has 1 aromatic carbocycles. The maximum atomic E-state index is 12.5. The van der Waals surface area contributed by atoms with Crippen molar-refractivity contribution in [3.63, 3.8) is 0 Å². The van der Waals surface area contributed by atoms with Crippen LogP contribution in [0.4, 0.5) is 0 Å². The highest BCUT2D eigenvalue weighted by atomic mass is 16.1. The molecular formula is C17H19NO. The van der Waals surface area contributed by atoms with Gasteiger partial charge in [-0.15, -0.1) is 0 Å². The first-order valence-electron chi connectivity index (χ1n) is 7.37. The molecule has 2 fully saturated rings. The molecule has 0 radical (unpaired) electrons. The molecule has 3 aliphatic rings. The van der Waals surface area contributed by atoms with Gasteiger partial charge in [0.05, 0.1) is 5.70 Å². The molecule has 0 unspecified atom stereocenters. The highest BCUT2D eigenvalue weighted by Crippen LogP contribution is 2.56. The van der Waals surface area contributed by atoms with Crippen molar-refractivity contribution >= 4 is 5.78 Å². The van der Waals surface area contributed by atoms with Gasteiger partial charge in [-0.2, -0.15) is 0 Å². The minimum atomic E-state index is 0.317. The summed E-state index contributed by atoms with van der Waals surface area (Å²) in [6.07, 6.45) is 6.14. The fourth-order valence-electron chi connectivity index (χ4n) is 4.36. The second-order valence-electron chi connectivity index (χ2n) is 6.22. The summed E-state index contributed by atoms with van der Waals surface area (Å²) in [6, 6.07) is 10.3. The molecule has 4 rings (SSSR count). The maximum absolute atomic E-state index is 12.5. The average molecular weight is 253 g/mol. The number of fused-ring (bicyclic) bond motifs is 5. The van der Waals surface area contributed by atoms with Crippen molar-refractivity contribution in [1.82, 2.24) is 5.32 Å². The SMILES string of the molecule is O=C1C(NCc2ccccc2)=C[C@@H]2[C@H]3CC[C@H](C3)[C@H]12. The molecule has 0 spiro atoms. The highest BCUT2D eigenvalue weighted by Gasteiger charge is 2.53. The quantitative estimate of drug-likeness (QED) is 0.897. The van der Waals surface area contributed by atoms with Crippen molar-refractivity contribution in [2.24, 2.45) is 23.7 Å². The van der Waals surface area contributed by atoms with Gasteiger partial charge in [-0.1, -0.05) is 36.4 Å². The van der Waals surface area contributed by atoms with Crippen LogP contribution in [-0.4, -0.2) is 5.78 Å². The smallest absolute Gasteiger partial charge is 0.182 e. The third-order valence-corrected chi connectivity index (χ3v) is 5.23. The lowest BCUT2D eigenvalue weighted by molar-refractivity contribution is -0.120. The average Bonchev–Trinajstić information content (AvgIpc) is 3.11. The Bertz CT molecular complexity index is 533. The summed E-state index contributed by atoms with van der Waals surface area (Å²) in [7, 11) is 0. The fourth-order valence-corrected chi connectivity index (χ4v) is 4.36. The van der Waals surface area contributed by atoms with Crippen LogP contribution in [0.5, 0.6) is 0 Å². The number of Topliss-reactive ketones (excluding diaryl/α,β-unsaturated/α-hetero) is 1. The largest absolute Gasteiger partial charge is 0.378 e. The van der Waals surface area contributed by atoms with Gasteiger partial charge in [0.1, 0.15) is 0 Å². The van der Waals surface area contributed by atoms with E-state index in [1.165, 1.54) is 24.8 Å². The summed E-state index contributed by atoms with van der Waals surface area (Å²) in [6.45, 7) is 0.757. The fraction of sp³-hybridized carbons (Fsp3) is 0.471. The number of allylic oxidation sites excluding steroid dienone is 2. The van der Waals surface area contributed by atoms with E-state index >= 15 is 0 Å². The Hall–Kier alpha value is -1.57. The van der Waals surface area contributed by atoms with Crippen LogP contribution in [0.3, 0.4) is 0 Å². The normalized spacial score (nSPS) is 35.4. The molecule has 2 nitrogen and oxygen atoms in total. The van der Waals surface area contributed by atoms with Crippen LogP contribution >= 0.6 is 0 Å². The van der Waals surface area contributed by atoms with Gasteiger partial charge in [-0.05, 0) is 42.6 Å².